The zero-order valence-corrected chi connectivity index (χ0v) is 39.7. The third kappa shape index (κ3) is 14.5. The maximum absolute atomic E-state index is 11.3. The third-order valence-electron chi connectivity index (χ3n) is 13.2. The van der Waals surface area contributed by atoms with E-state index in [1.807, 2.05) is 26.8 Å². The summed E-state index contributed by atoms with van der Waals surface area (Å²) >= 11 is 0. The molecular formula is C45H76O24. The molecule has 0 spiro atoms. The molecule has 0 saturated carbocycles. The van der Waals surface area contributed by atoms with Crippen molar-refractivity contribution >= 4 is 0 Å². The predicted octanol–water partition coefficient (Wildman–Crippen LogP) is -4.43. The normalized spacial score (nSPS) is 46.3. The van der Waals surface area contributed by atoms with E-state index in [9.17, 15) is 71.5 Å². The molecule has 69 heavy (non-hydrogen) atoms. The van der Waals surface area contributed by atoms with E-state index in [1.165, 1.54) is 20.8 Å². The average molecular weight is 1000 g/mol. The minimum Gasteiger partial charge on any atom is -0.394 e. The summed E-state index contributed by atoms with van der Waals surface area (Å²) in [5, 5.41) is 146. The maximum atomic E-state index is 11.3. The molecule has 5 heterocycles. The average Bonchev–Trinajstić information content (AvgIpc) is 3.32. The van der Waals surface area contributed by atoms with Gasteiger partial charge in [0.1, 0.15) is 104 Å². The van der Waals surface area contributed by atoms with E-state index in [2.05, 4.69) is 6.08 Å². The van der Waals surface area contributed by atoms with Gasteiger partial charge in [-0.05, 0) is 67.2 Å². The molecule has 0 aromatic rings. The van der Waals surface area contributed by atoms with Gasteiger partial charge in [-0.25, -0.2) is 0 Å². The van der Waals surface area contributed by atoms with Crippen molar-refractivity contribution in [2.45, 2.75) is 221 Å². The second-order valence-corrected chi connectivity index (χ2v) is 18.6. The molecule has 25 atom stereocenters. The van der Waals surface area contributed by atoms with Crippen LogP contribution in [0.3, 0.4) is 0 Å². The molecule has 24 nitrogen and oxygen atoms in total. The van der Waals surface area contributed by atoms with Gasteiger partial charge in [0.15, 0.2) is 31.5 Å². The lowest BCUT2D eigenvalue weighted by Crippen LogP contribution is -2.66. The van der Waals surface area contributed by atoms with Crippen molar-refractivity contribution in [2.24, 2.45) is 0 Å². The Balaban J connectivity index is 1.15. The van der Waals surface area contributed by atoms with Crippen molar-refractivity contribution in [3.63, 3.8) is 0 Å². The first-order valence-corrected chi connectivity index (χ1v) is 23.4. The number of aliphatic hydroxyl groups excluding tert-OH is 14. The number of hydrogen-bond donors (Lipinski definition) is 14. The smallest absolute Gasteiger partial charge is 0.187 e. The molecule has 24 heteroatoms. The lowest BCUT2D eigenvalue weighted by Gasteiger charge is -2.48. The van der Waals surface area contributed by atoms with Crippen LogP contribution >= 0.6 is 0 Å². The Morgan fingerprint density at radius 2 is 0.783 bits per heavy atom. The molecule has 0 bridgehead atoms. The molecule has 5 fully saturated rings. The highest BCUT2D eigenvalue weighted by atomic mass is 16.8. The second kappa shape index (κ2) is 26.5. The van der Waals surface area contributed by atoms with Crippen LogP contribution in [0.1, 0.15) is 67.2 Å². The number of ether oxygens (including phenoxy) is 10. The zero-order chi connectivity index (χ0) is 51.0. The monoisotopic (exact) mass is 1000 g/mol. The van der Waals surface area contributed by atoms with Gasteiger partial charge in [-0.3, -0.25) is 0 Å². The SMILES string of the molecule is C/C(=C\CC/C(C)=C/CO[C@@H]1O[C@H](CO)[C@@H](O)[C@H](O[C@@H]2O[C@@H](C)[C@H](O)[C@@H](O)[C@H]2O)[C@H]1O[C@@H]1O[C@@H](C)[C@H](O)[C@@H](O)[C@H]1O)CC/C=C(\C)CO[C@@H]1O[C@H](CO)[C@@H](O)[C@H](O)[C@H]1O[C@@H]1O[C@@H](C)[C@H](O)[C@@H](O)[C@H]1O. The maximum Gasteiger partial charge on any atom is 0.187 e. The van der Waals surface area contributed by atoms with Crippen molar-refractivity contribution in [3.05, 3.63) is 34.9 Å². The minimum atomic E-state index is -1.79. The molecule has 5 saturated heterocycles. The Labute approximate surface area is 400 Å². The van der Waals surface area contributed by atoms with Crippen LogP contribution in [0.15, 0.2) is 34.9 Å². The number of aliphatic hydroxyl groups is 14. The van der Waals surface area contributed by atoms with E-state index in [0.717, 1.165) is 16.7 Å². The second-order valence-electron chi connectivity index (χ2n) is 18.6. The molecule has 5 aliphatic rings. The Kier molecular flexibility index (Phi) is 22.3. The summed E-state index contributed by atoms with van der Waals surface area (Å²) < 4.78 is 58.1. The molecule has 0 amide bonds. The minimum absolute atomic E-state index is 0.00900. The number of rotatable bonds is 20. The van der Waals surface area contributed by atoms with Crippen LogP contribution in [0.5, 0.6) is 0 Å². The molecule has 14 N–H and O–H groups in total. The van der Waals surface area contributed by atoms with Crippen molar-refractivity contribution in [3.8, 4) is 0 Å². The first-order chi connectivity index (χ1) is 32.6. The van der Waals surface area contributed by atoms with E-state index in [-0.39, 0.29) is 13.2 Å². The van der Waals surface area contributed by atoms with Gasteiger partial charge in [0.05, 0.1) is 44.7 Å². The standard InChI is InChI=1S/C45H76O24/c1-18(10-8-12-20(3)17-61-44-39(34(56)29(51)24(15-46)65-44)68-42-36(58)32(54)27(49)22(5)63-42)9-7-11-19(2)13-14-60-45-40(69-43-37(59)33(55)28(50)23(6)64-43)38(30(52)25(16-47)66-45)67-41-35(57)31(53)26(48)21(4)62-41/h9,12-13,21-59H,7-8,10-11,14-17H2,1-6H3/b18-9+,19-13+,20-12+/t21-,22-,23-,24+,25+,26-,27-,28-,29+,30+,31+,32+,33+,34-,35+,36+,37+,38-,39+,40+,41-,42-,43-,44+,45+/m0/s1. The molecule has 5 rings (SSSR count). The zero-order valence-electron chi connectivity index (χ0n) is 39.7. The predicted molar refractivity (Wildman–Crippen MR) is 233 cm³/mol. The quantitative estimate of drug-likeness (QED) is 0.0512. The van der Waals surface area contributed by atoms with Gasteiger partial charge in [-0.1, -0.05) is 34.9 Å². The first kappa shape index (κ1) is 58.2. The van der Waals surface area contributed by atoms with Crippen LogP contribution in [0.4, 0.5) is 0 Å². The highest BCUT2D eigenvalue weighted by molar-refractivity contribution is 5.07. The number of allylic oxidation sites excluding steroid dienone is 4. The largest absolute Gasteiger partial charge is 0.394 e. The van der Waals surface area contributed by atoms with Crippen molar-refractivity contribution < 1.29 is 119 Å². The van der Waals surface area contributed by atoms with Gasteiger partial charge in [0.25, 0.3) is 0 Å². The number of hydrogen-bond acceptors (Lipinski definition) is 24. The topological polar surface area (TPSA) is 376 Å². The van der Waals surface area contributed by atoms with Crippen molar-refractivity contribution in [1.82, 2.24) is 0 Å². The lowest BCUT2D eigenvalue weighted by atomic mass is 9.96. The molecule has 5 aliphatic heterocycles. The van der Waals surface area contributed by atoms with E-state index in [0.29, 0.717) is 25.7 Å². The molecule has 0 radical (unpaired) electrons. The first-order valence-electron chi connectivity index (χ1n) is 23.4. The van der Waals surface area contributed by atoms with Crippen molar-refractivity contribution in [2.75, 3.05) is 26.4 Å². The summed E-state index contributed by atoms with van der Waals surface area (Å²) in [6.07, 6.45) is -28.4. The molecule has 0 unspecified atom stereocenters. The molecule has 400 valence electrons. The summed E-state index contributed by atoms with van der Waals surface area (Å²) in [6, 6.07) is 0. The fourth-order valence-corrected chi connectivity index (χ4v) is 8.51. The summed E-state index contributed by atoms with van der Waals surface area (Å²) in [7, 11) is 0. The summed E-state index contributed by atoms with van der Waals surface area (Å²) in [5.74, 6) is 0. The Morgan fingerprint density at radius 1 is 0.391 bits per heavy atom. The molecular weight excluding hydrogens is 924 g/mol. The van der Waals surface area contributed by atoms with Crippen LogP contribution in [-0.2, 0) is 47.4 Å². The van der Waals surface area contributed by atoms with Gasteiger partial charge in [-0.15, -0.1) is 0 Å². The highest BCUT2D eigenvalue weighted by Crippen LogP contribution is 2.35. The molecule has 0 aromatic heterocycles. The van der Waals surface area contributed by atoms with Gasteiger partial charge in [0.2, 0.25) is 0 Å². The van der Waals surface area contributed by atoms with Crippen LogP contribution < -0.4 is 0 Å². The van der Waals surface area contributed by atoms with Gasteiger partial charge < -0.3 is 119 Å². The summed E-state index contributed by atoms with van der Waals surface area (Å²) in [6.45, 7) is 8.60. The van der Waals surface area contributed by atoms with E-state index < -0.39 is 167 Å². The Hall–Kier alpha value is -1.74. The van der Waals surface area contributed by atoms with Crippen LogP contribution in [0.25, 0.3) is 0 Å². The highest BCUT2D eigenvalue weighted by Gasteiger charge is 2.55. The summed E-state index contributed by atoms with van der Waals surface area (Å²) in [4.78, 5) is 0. The van der Waals surface area contributed by atoms with E-state index in [1.54, 1.807) is 6.08 Å². The Morgan fingerprint density at radius 3 is 1.25 bits per heavy atom. The van der Waals surface area contributed by atoms with Gasteiger partial charge in [0, 0.05) is 0 Å². The fourth-order valence-electron chi connectivity index (χ4n) is 8.51. The molecule has 0 aliphatic carbocycles. The van der Waals surface area contributed by atoms with Gasteiger partial charge in [-0.2, -0.15) is 0 Å². The van der Waals surface area contributed by atoms with Crippen LogP contribution in [-0.4, -0.2) is 251 Å². The van der Waals surface area contributed by atoms with Crippen LogP contribution in [0.2, 0.25) is 0 Å². The van der Waals surface area contributed by atoms with Crippen molar-refractivity contribution in [1.29, 1.82) is 0 Å². The lowest BCUT2D eigenvalue weighted by molar-refractivity contribution is -0.388. The molecule has 0 aromatic carbocycles. The summed E-state index contributed by atoms with van der Waals surface area (Å²) in [5.41, 5.74) is 2.81. The fraction of sp³-hybridized carbons (Fsp3) is 0.867. The van der Waals surface area contributed by atoms with E-state index >= 15 is 0 Å². The van der Waals surface area contributed by atoms with Crippen LogP contribution in [0, 0.1) is 0 Å². The third-order valence-corrected chi connectivity index (χ3v) is 13.2. The Bertz CT molecular complexity index is 1650. The van der Waals surface area contributed by atoms with E-state index in [4.69, 9.17) is 47.4 Å². The van der Waals surface area contributed by atoms with Gasteiger partial charge >= 0.3 is 0 Å².